The molecule has 1 fully saturated rings. The van der Waals surface area contributed by atoms with Gasteiger partial charge >= 0.3 is 11.9 Å². The van der Waals surface area contributed by atoms with Gasteiger partial charge in [0.15, 0.2) is 11.6 Å². The van der Waals surface area contributed by atoms with Crippen LogP contribution in [0, 0.1) is 17.6 Å². The predicted octanol–water partition coefficient (Wildman–Crippen LogP) is 3.24. The molecule has 1 aliphatic heterocycles. The Bertz CT molecular complexity index is 1140. The number of esters is 1. The van der Waals surface area contributed by atoms with Gasteiger partial charge in [-0.25, -0.2) is 22.0 Å². The summed E-state index contributed by atoms with van der Waals surface area (Å²) in [6.45, 7) is 2.70. The fraction of sp³-hybridized carbons (Fsp3) is 0.333. The summed E-state index contributed by atoms with van der Waals surface area (Å²) in [4.78, 5) is 24.8. The topological polar surface area (TPSA) is 113 Å². The van der Waals surface area contributed by atoms with Crippen molar-refractivity contribution in [3.8, 4) is 0 Å². The van der Waals surface area contributed by atoms with Crippen molar-refractivity contribution in [2.45, 2.75) is 24.7 Å². The summed E-state index contributed by atoms with van der Waals surface area (Å²) in [6, 6.07) is 6.03. The van der Waals surface area contributed by atoms with E-state index < -0.39 is 38.4 Å². The fourth-order valence-electron chi connectivity index (χ4n) is 3.52. The van der Waals surface area contributed by atoms with Gasteiger partial charge in [-0.1, -0.05) is 0 Å². The quantitative estimate of drug-likeness (QED) is 0.600. The summed E-state index contributed by atoms with van der Waals surface area (Å²) < 4.78 is 59.7. The molecule has 2 aromatic rings. The summed E-state index contributed by atoms with van der Waals surface area (Å²) in [7, 11) is -4.36. The maximum absolute atomic E-state index is 13.6. The van der Waals surface area contributed by atoms with E-state index in [1.54, 1.807) is 11.8 Å². The second kappa shape index (κ2) is 9.51. The molecule has 11 heteroatoms. The van der Waals surface area contributed by atoms with E-state index in [0.29, 0.717) is 37.2 Å². The van der Waals surface area contributed by atoms with Crippen LogP contribution in [0.2, 0.25) is 0 Å². The lowest BCUT2D eigenvalue weighted by atomic mass is 9.97. The third-order valence-electron chi connectivity index (χ3n) is 5.07. The molecule has 0 aromatic heterocycles. The lowest BCUT2D eigenvalue weighted by Gasteiger charge is -2.34. The predicted molar refractivity (Wildman–Crippen MR) is 112 cm³/mol. The molecule has 0 bridgehead atoms. The number of carbonyl (C=O) groups excluding carboxylic acids is 1. The van der Waals surface area contributed by atoms with Gasteiger partial charge in [0.1, 0.15) is 0 Å². The third kappa shape index (κ3) is 5.16. The highest BCUT2D eigenvalue weighted by Gasteiger charge is 2.29. The molecule has 1 saturated heterocycles. The maximum Gasteiger partial charge on any atom is 0.335 e. The van der Waals surface area contributed by atoms with Crippen LogP contribution in [0.1, 0.15) is 30.1 Å². The molecule has 32 heavy (non-hydrogen) atoms. The van der Waals surface area contributed by atoms with Crippen LogP contribution >= 0.6 is 0 Å². The van der Waals surface area contributed by atoms with Crippen molar-refractivity contribution in [1.82, 2.24) is 0 Å². The van der Waals surface area contributed by atoms with Crippen LogP contribution < -0.4 is 9.62 Å². The lowest BCUT2D eigenvalue weighted by Crippen LogP contribution is -2.39. The molecule has 1 heterocycles. The number of carboxylic acids is 1. The molecule has 0 radical (unpaired) electrons. The minimum Gasteiger partial charge on any atom is -0.478 e. The Morgan fingerprint density at radius 2 is 1.94 bits per heavy atom. The number of hydrogen-bond donors (Lipinski definition) is 2. The van der Waals surface area contributed by atoms with Gasteiger partial charge < -0.3 is 14.7 Å². The summed E-state index contributed by atoms with van der Waals surface area (Å²) in [5.41, 5.74) is 0.130. The third-order valence-corrected chi connectivity index (χ3v) is 6.43. The maximum atomic E-state index is 13.6. The fourth-order valence-corrected chi connectivity index (χ4v) is 4.60. The molecular formula is C21H22F2N2O6S. The first-order chi connectivity index (χ1) is 15.1. The Balaban J connectivity index is 1.97. The number of piperidine rings is 1. The van der Waals surface area contributed by atoms with Gasteiger partial charge in [0.25, 0.3) is 10.0 Å². The van der Waals surface area contributed by atoms with E-state index in [2.05, 4.69) is 4.72 Å². The average Bonchev–Trinajstić information content (AvgIpc) is 2.75. The Labute approximate surface area is 183 Å². The summed E-state index contributed by atoms with van der Waals surface area (Å²) in [6.07, 6.45) is 1.25. The van der Waals surface area contributed by atoms with Crippen molar-refractivity contribution < 1.29 is 36.6 Å². The van der Waals surface area contributed by atoms with Crippen molar-refractivity contribution in [2.24, 2.45) is 5.92 Å². The van der Waals surface area contributed by atoms with Crippen molar-refractivity contribution in [2.75, 3.05) is 29.3 Å². The number of sulfonamides is 1. The smallest absolute Gasteiger partial charge is 0.335 e. The molecule has 1 aliphatic rings. The minimum atomic E-state index is -4.36. The number of carbonyl (C=O) groups is 2. The largest absolute Gasteiger partial charge is 0.478 e. The van der Waals surface area contributed by atoms with E-state index in [0.717, 1.165) is 12.1 Å². The second-order valence-corrected chi connectivity index (χ2v) is 8.94. The molecule has 0 spiro atoms. The molecule has 3 rings (SSSR count). The van der Waals surface area contributed by atoms with Crippen LogP contribution in [0.5, 0.6) is 0 Å². The highest BCUT2D eigenvalue weighted by atomic mass is 32.2. The zero-order valence-corrected chi connectivity index (χ0v) is 18.0. The molecular weight excluding hydrogens is 446 g/mol. The Hall–Kier alpha value is -3.21. The van der Waals surface area contributed by atoms with Gasteiger partial charge in [0.05, 0.1) is 34.4 Å². The van der Waals surface area contributed by atoms with Gasteiger partial charge in [0, 0.05) is 13.1 Å². The first-order valence-corrected chi connectivity index (χ1v) is 11.4. The van der Waals surface area contributed by atoms with E-state index >= 15 is 0 Å². The monoisotopic (exact) mass is 468 g/mol. The Morgan fingerprint density at radius 3 is 2.59 bits per heavy atom. The average molecular weight is 468 g/mol. The summed E-state index contributed by atoms with van der Waals surface area (Å²) in [5, 5.41) is 9.32. The number of nitrogens with zero attached hydrogens (tertiary/aromatic N) is 1. The summed E-state index contributed by atoms with van der Waals surface area (Å²) >= 11 is 0. The zero-order chi connectivity index (χ0) is 23.5. The number of ether oxygens (including phenoxy) is 1. The van der Waals surface area contributed by atoms with Crippen LogP contribution in [0.25, 0.3) is 0 Å². The number of aromatic carboxylic acids is 1. The van der Waals surface area contributed by atoms with Crippen LogP contribution in [-0.2, 0) is 19.6 Å². The normalized spacial score (nSPS) is 16.5. The van der Waals surface area contributed by atoms with Crippen LogP contribution in [0.15, 0.2) is 41.3 Å². The number of anilines is 2. The minimum absolute atomic E-state index is 0.0563. The van der Waals surface area contributed by atoms with E-state index in [1.807, 2.05) is 0 Å². The second-order valence-electron chi connectivity index (χ2n) is 7.26. The number of halogens is 2. The molecule has 0 unspecified atom stereocenters. The van der Waals surface area contributed by atoms with Gasteiger partial charge in [-0.05, 0) is 56.2 Å². The summed E-state index contributed by atoms with van der Waals surface area (Å²) in [5.74, 6) is -4.58. The molecule has 8 nitrogen and oxygen atoms in total. The lowest BCUT2D eigenvalue weighted by molar-refractivity contribution is -0.148. The van der Waals surface area contributed by atoms with E-state index in [4.69, 9.17) is 4.74 Å². The molecule has 2 aromatic carbocycles. The number of hydrogen-bond acceptors (Lipinski definition) is 6. The molecule has 1 atom stereocenters. The van der Waals surface area contributed by atoms with Gasteiger partial charge in [0.2, 0.25) is 0 Å². The van der Waals surface area contributed by atoms with Crippen molar-refractivity contribution in [3.05, 3.63) is 53.6 Å². The zero-order valence-electron chi connectivity index (χ0n) is 17.2. The van der Waals surface area contributed by atoms with E-state index in [1.165, 1.54) is 12.1 Å². The number of rotatable bonds is 7. The molecule has 172 valence electrons. The van der Waals surface area contributed by atoms with Crippen molar-refractivity contribution in [1.29, 1.82) is 0 Å². The number of carboxylic acid groups (broad SMARTS) is 1. The molecule has 0 saturated carbocycles. The van der Waals surface area contributed by atoms with Gasteiger partial charge in [-0.15, -0.1) is 0 Å². The van der Waals surface area contributed by atoms with Crippen LogP contribution in [0.3, 0.4) is 0 Å². The highest BCUT2D eigenvalue weighted by molar-refractivity contribution is 7.92. The van der Waals surface area contributed by atoms with Crippen molar-refractivity contribution >= 4 is 33.3 Å². The number of benzene rings is 2. The molecule has 2 N–H and O–H groups in total. The first-order valence-electron chi connectivity index (χ1n) is 9.89. The molecule has 0 aliphatic carbocycles. The SMILES string of the molecule is CCOC(=O)[C@@H]1CCCN(c2ccc(C(=O)O)cc2NS(=O)(=O)c2ccc(F)c(F)c2)C1. The molecule has 0 amide bonds. The van der Waals surface area contributed by atoms with Crippen LogP contribution in [-0.4, -0.2) is 45.2 Å². The number of nitrogens with one attached hydrogen (secondary N) is 1. The Morgan fingerprint density at radius 1 is 1.19 bits per heavy atom. The van der Waals surface area contributed by atoms with Gasteiger partial charge in [-0.2, -0.15) is 0 Å². The van der Waals surface area contributed by atoms with Crippen LogP contribution in [0.4, 0.5) is 20.2 Å². The first kappa shape index (κ1) is 23.5. The highest BCUT2D eigenvalue weighted by Crippen LogP contribution is 2.33. The van der Waals surface area contributed by atoms with Crippen molar-refractivity contribution in [3.63, 3.8) is 0 Å². The van der Waals surface area contributed by atoms with E-state index in [-0.39, 0.29) is 30.4 Å². The Kier molecular flexibility index (Phi) is 6.97. The van der Waals surface area contributed by atoms with E-state index in [9.17, 15) is 31.9 Å². The standard InChI is InChI=1S/C21H22F2N2O6S/c1-2-31-21(28)14-4-3-9-25(12-14)19-8-5-13(20(26)27)10-18(19)24-32(29,30)15-6-7-16(22)17(23)11-15/h5-8,10-11,14,24H,2-4,9,12H2,1H3,(H,26,27)/t14-/m1/s1. The van der Waals surface area contributed by atoms with Gasteiger partial charge in [-0.3, -0.25) is 9.52 Å².